The second kappa shape index (κ2) is 8.27. The van der Waals surface area contributed by atoms with Crippen molar-refractivity contribution in [3.8, 4) is 5.75 Å². The van der Waals surface area contributed by atoms with Crippen LogP contribution in [0.4, 0.5) is 23.7 Å². The molecule has 4 amide bonds. The average molecular weight is 419 g/mol. The molecule has 10 heteroatoms. The van der Waals surface area contributed by atoms with E-state index < -0.39 is 41.8 Å². The minimum absolute atomic E-state index is 0.0898. The van der Waals surface area contributed by atoms with Crippen molar-refractivity contribution < 1.29 is 32.3 Å². The molecule has 7 nitrogen and oxygen atoms in total. The first-order valence-corrected chi connectivity index (χ1v) is 8.64. The second-order valence-corrected chi connectivity index (χ2v) is 6.21. The van der Waals surface area contributed by atoms with E-state index in [9.17, 15) is 27.6 Å². The highest BCUT2D eigenvalue weighted by Crippen LogP contribution is 2.34. The maximum Gasteiger partial charge on any atom is 0.418 e. The third-order valence-corrected chi connectivity index (χ3v) is 4.21. The molecule has 1 heterocycles. The lowest BCUT2D eigenvalue weighted by Gasteiger charge is -2.15. The van der Waals surface area contributed by atoms with Gasteiger partial charge in [-0.15, -0.1) is 0 Å². The molecule has 0 aliphatic carbocycles. The number of hydrogen-bond donors (Lipinski definition) is 2. The van der Waals surface area contributed by atoms with E-state index in [2.05, 4.69) is 10.6 Å². The molecule has 1 aliphatic rings. The lowest BCUT2D eigenvalue weighted by Crippen LogP contribution is -2.38. The van der Waals surface area contributed by atoms with Crippen molar-refractivity contribution in [2.45, 2.75) is 6.18 Å². The fraction of sp³-hybridized carbons (Fsp3) is 0.150. The zero-order chi connectivity index (χ0) is 21.9. The number of halogens is 3. The van der Waals surface area contributed by atoms with Gasteiger partial charge in [0.15, 0.2) is 0 Å². The van der Waals surface area contributed by atoms with Gasteiger partial charge in [0.1, 0.15) is 18.0 Å². The van der Waals surface area contributed by atoms with Gasteiger partial charge in [0.25, 0.3) is 5.91 Å². The number of alkyl halides is 3. The molecule has 0 aromatic heterocycles. The van der Waals surface area contributed by atoms with Crippen LogP contribution in [0.3, 0.4) is 0 Å². The van der Waals surface area contributed by atoms with E-state index in [0.717, 1.165) is 12.1 Å². The molecule has 0 saturated carbocycles. The number of methoxy groups -OCH3 is 1. The van der Waals surface area contributed by atoms with Gasteiger partial charge in [0.05, 0.1) is 18.4 Å². The van der Waals surface area contributed by atoms with Crippen LogP contribution in [-0.2, 0) is 15.8 Å². The summed E-state index contributed by atoms with van der Waals surface area (Å²) >= 11 is 0. The molecule has 2 N–H and O–H groups in total. The number of anilines is 1. The van der Waals surface area contributed by atoms with Gasteiger partial charge in [-0.1, -0.05) is 30.3 Å². The second-order valence-electron chi connectivity index (χ2n) is 6.21. The molecule has 1 fully saturated rings. The summed E-state index contributed by atoms with van der Waals surface area (Å²) in [6.07, 6.45) is -3.29. The van der Waals surface area contributed by atoms with Crippen molar-refractivity contribution in [1.82, 2.24) is 10.2 Å². The van der Waals surface area contributed by atoms with Gasteiger partial charge in [-0.05, 0) is 24.3 Å². The fourth-order valence-corrected chi connectivity index (χ4v) is 2.83. The van der Waals surface area contributed by atoms with Crippen molar-refractivity contribution in [2.75, 3.05) is 19.0 Å². The molecular weight excluding hydrogens is 403 g/mol. The Labute approximate surface area is 169 Å². The lowest BCUT2D eigenvalue weighted by molar-refractivity contribution is -0.137. The quantitative estimate of drug-likeness (QED) is 0.575. The molecule has 0 atom stereocenters. The summed E-state index contributed by atoms with van der Waals surface area (Å²) in [4.78, 5) is 37.4. The third kappa shape index (κ3) is 4.43. The normalized spacial score (nSPS) is 15.3. The molecule has 1 saturated heterocycles. The van der Waals surface area contributed by atoms with Gasteiger partial charge < -0.3 is 15.4 Å². The zero-order valence-electron chi connectivity index (χ0n) is 15.6. The van der Waals surface area contributed by atoms with Crippen LogP contribution in [0.5, 0.6) is 5.75 Å². The number of amides is 4. The van der Waals surface area contributed by atoms with Crippen LogP contribution in [-0.4, -0.2) is 36.4 Å². The predicted molar refractivity (Wildman–Crippen MR) is 101 cm³/mol. The number of rotatable bonds is 5. The first-order chi connectivity index (χ1) is 14.2. The zero-order valence-corrected chi connectivity index (χ0v) is 15.6. The van der Waals surface area contributed by atoms with Crippen LogP contribution < -0.4 is 15.4 Å². The van der Waals surface area contributed by atoms with Gasteiger partial charge in [0.2, 0.25) is 5.91 Å². The van der Waals surface area contributed by atoms with Gasteiger partial charge in [0, 0.05) is 5.56 Å². The molecule has 30 heavy (non-hydrogen) atoms. The van der Waals surface area contributed by atoms with Crippen molar-refractivity contribution in [1.29, 1.82) is 0 Å². The van der Waals surface area contributed by atoms with E-state index in [-0.39, 0.29) is 5.70 Å². The Morgan fingerprint density at radius 2 is 1.80 bits per heavy atom. The fourth-order valence-electron chi connectivity index (χ4n) is 2.83. The number of imide groups is 1. The topological polar surface area (TPSA) is 87.7 Å². The number of carbonyl (C=O) groups excluding carboxylic acids is 3. The molecule has 0 bridgehead atoms. The van der Waals surface area contributed by atoms with Gasteiger partial charge in [-0.2, -0.15) is 13.2 Å². The third-order valence-electron chi connectivity index (χ3n) is 4.21. The number of benzene rings is 2. The van der Waals surface area contributed by atoms with Crippen LogP contribution in [0.15, 0.2) is 54.2 Å². The number of carbonyl (C=O) groups is 3. The number of para-hydroxylation sites is 2. The molecule has 0 radical (unpaired) electrons. The van der Waals surface area contributed by atoms with Crippen molar-refractivity contribution >= 4 is 29.6 Å². The van der Waals surface area contributed by atoms with Gasteiger partial charge >= 0.3 is 12.2 Å². The highest BCUT2D eigenvalue weighted by atomic mass is 19.4. The van der Waals surface area contributed by atoms with Crippen LogP contribution in [0.1, 0.15) is 11.1 Å². The Balaban J connectivity index is 1.75. The largest absolute Gasteiger partial charge is 0.496 e. The molecule has 2 aromatic carbocycles. The highest BCUT2D eigenvalue weighted by Gasteiger charge is 2.36. The van der Waals surface area contributed by atoms with Gasteiger partial charge in [-0.3, -0.25) is 9.59 Å². The monoisotopic (exact) mass is 419 g/mol. The van der Waals surface area contributed by atoms with Gasteiger partial charge in [-0.25, -0.2) is 9.69 Å². The van der Waals surface area contributed by atoms with Crippen molar-refractivity contribution in [2.24, 2.45) is 0 Å². The minimum Gasteiger partial charge on any atom is -0.496 e. The maximum atomic E-state index is 13.1. The summed E-state index contributed by atoms with van der Waals surface area (Å²) < 4.78 is 44.3. The molecular formula is C20H16F3N3O4. The Bertz CT molecular complexity index is 1030. The molecule has 2 aromatic rings. The number of ether oxygens (including phenoxy) is 1. The Morgan fingerprint density at radius 1 is 1.13 bits per heavy atom. The van der Waals surface area contributed by atoms with Crippen LogP contribution >= 0.6 is 0 Å². The smallest absolute Gasteiger partial charge is 0.418 e. The van der Waals surface area contributed by atoms with Crippen LogP contribution in [0, 0.1) is 0 Å². The van der Waals surface area contributed by atoms with E-state index in [4.69, 9.17) is 4.74 Å². The Hall–Kier alpha value is -3.82. The van der Waals surface area contributed by atoms with E-state index in [1.54, 1.807) is 24.3 Å². The van der Waals surface area contributed by atoms with Crippen molar-refractivity contribution in [3.63, 3.8) is 0 Å². The summed E-state index contributed by atoms with van der Waals surface area (Å²) in [6, 6.07) is 10.3. The summed E-state index contributed by atoms with van der Waals surface area (Å²) in [5.41, 5.74) is -1.07. The number of hydrogen-bond acceptors (Lipinski definition) is 4. The molecule has 0 spiro atoms. The summed E-state index contributed by atoms with van der Waals surface area (Å²) in [5, 5.41) is 4.44. The predicted octanol–water partition coefficient (Wildman–Crippen LogP) is 3.25. The SMILES string of the molecule is COc1ccccc1/C=C1\NC(=O)N(CC(=O)Nc2ccccc2C(F)(F)F)C1=O. The van der Waals surface area contributed by atoms with Crippen LogP contribution in [0.2, 0.25) is 0 Å². The summed E-state index contributed by atoms with van der Waals surface area (Å²) in [5.74, 6) is -1.27. The van der Waals surface area contributed by atoms with E-state index in [0.29, 0.717) is 16.2 Å². The first kappa shape index (κ1) is 20.9. The number of urea groups is 1. The maximum absolute atomic E-state index is 13.1. The first-order valence-electron chi connectivity index (χ1n) is 8.64. The average Bonchev–Trinajstić information content (AvgIpc) is 2.95. The minimum atomic E-state index is -4.67. The molecule has 3 rings (SSSR count). The molecule has 156 valence electrons. The van der Waals surface area contributed by atoms with E-state index in [1.807, 2.05) is 0 Å². The summed E-state index contributed by atoms with van der Waals surface area (Å²) in [7, 11) is 1.45. The highest BCUT2D eigenvalue weighted by molar-refractivity contribution is 6.16. The van der Waals surface area contributed by atoms with E-state index >= 15 is 0 Å². The molecule has 0 unspecified atom stereocenters. The van der Waals surface area contributed by atoms with E-state index in [1.165, 1.54) is 25.3 Å². The standard InChI is InChI=1S/C20H16F3N3O4/c1-30-16-9-5-2-6-12(16)10-15-18(28)26(19(29)25-15)11-17(27)24-14-8-4-3-7-13(14)20(21,22)23/h2-10H,11H2,1H3,(H,24,27)(H,25,29)/b15-10-. The van der Waals surface area contributed by atoms with Crippen molar-refractivity contribution in [3.05, 3.63) is 65.4 Å². The summed E-state index contributed by atoms with van der Waals surface area (Å²) in [6.45, 7) is -0.750. The Kier molecular flexibility index (Phi) is 5.77. The Morgan fingerprint density at radius 3 is 2.50 bits per heavy atom. The number of nitrogens with one attached hydrogen (secondary N) is 2. The molecule has 1 aliphatic heterocycles. The lowest BCUT2D eigenvalue weighted by atomic mass is 10.1. The number of nitrogens with zero attached hydrogens (tertiary/aromatic N) is 1. The van der Waals surface area contributed by atoms with Crippen LogP contribution in [0.25, 0.3) is 6.08 Å².